The normalized spacial score (nSPS) is 12.3. The molecule has 0 radical (unpaired) electrons. The first-order chi connectivity index (χ1) is 14.1. The fourth-order valence-corrected chi connectivity index (χ4v) is 3.53. The third-order valence-corrected chi connectivity index (χ3v) is 5.11. The maximum absolute atomic E-state index is 14.3. The van der Waals surface area contributed by atoms with Crippen molar-refractivity contribution in [1.82, 2.24) is 10.2 Å². The van der Waals surface area contributed by atoms with Crippen LogP contribution in [0.25, 0.3) is 0 Å². The van der Waals surface area contributed by atoms with Crippen LogP contribution >= 0.6 is 11.6 Å². The summed E-state index contributed by atoms with van der Waals surface area (Å²) in [5, 5.41) is 3.16. The zero-order valence-corrected chi connectivity index (χ0v) is 18.8. The van der Waals surface area contributed by atoms with Crippen LogP contribution in [0, 0.1) is 5.82 Å². The monoisotopic (exact) mass is 432 g/mol. The SMILES string of the molecule is CC[C@H](C(=O)NC(C)(C)C)N(CCc1ccccc1)C(=O)Cc1c(F)cccc1Cl. The summed E-state index contributed by atoms with van der Waals surface area (Å²) in [6, 6.07) is 13.5. The van der Waals surface area contributed by atoms with Crippen LogP contribution in [0.4, 0.5) is 4.39 Å². The van der Waals surface area contributed by atoms with Gasteiger partial charge in [-0.25, -0.2) is 4.39 Å². The van der Waals surface area contributed by atoms with Gasteiger partial charge in [-0.2, -0.15) is 0 Å². The zero-order valence-electron chi connectivity index (χ0n) is 18.0. The summed E-state index contributed by atoms with van der Waals surface area (Å²) >= 11 is 6.12. The molecule has 162 valence electrons. The fraction of sp³-hybridized carbons (Fsp3) is 0.417. The predicted molar refractivity (Wildman–Crippen MR) is 119 cm³/mol. The van der Waals surface area contributed by atoms with E-state index in [0.29, 0.717) is 19.4 Å². The van der Waals surface area contributed by atoms with E-state index in [-0.39, 0.29) is 28.8 Å². The van der Waals surface area contributed by atoms with Gasteiger partial charge < -0.3 is 10.2 Å². The van der Waals surface area contributed by atoms with E-state index in [1.54, 1.807) is 11.0 Å². The predicted octanol–water partition coefficient (Wildman–Crippen LogP) is 4.79. The molecular weight excluding hydrogens is 403 g/mol. The second-order valence-electron chi connectivity index (χ2n) is 8.36. The molecule has 0 spiro atoms. The van der Waals surface area contributed by atoms with E-state index < -0.39 is 17.4 Å². The Bertz CT molecular complexity index is 845. The van der Waals surface area contributed by atoms with Crippen molar-refractivity contribution in [2.75, 3.05) is 6.54 Å². The fourth-order valence-electron chi connectivity index (χ4n) is 3.30. The van der Waals surface area contributed by atoms with Crippen LogP contribution in [0.15, 0.2) is 48.5 Å². The van der Waals surface area contributed by atoms with Crippen molar-refractivity contribution in [3.63, 3.8) is 0 Å². The van der Waals surface area contributed by atoms with Crippen LogP contribution < -0.4 is 5.32 Å². The zero-order chi connectivity index (χ0) is 22.3. The molecule has 0 saturated heterocycles. The average molecular weight is 433 g/mol. The highest BCUT2D eigenvalue weighted by molar-refractivity contribution is 6.31. The van der Waals surface area contributed by atoms with Gasteiger partial charge in [0.25, 0.3) is 0 Å². The number of halogens is 2. The third-order valence-electron chi connectivity index (χ3n) is 4.76. The van der Waals surface area contributed by atoms with Gasteiger partial charge in [-0.05, 0) is 51.3 Å². The lowest BCUT2D eigenvalue weighted by Gasteiger charge is -2.33. The molecule has 1 N–H and O–H groups in total. The first kappa shape index (κ1) is 23.9. The molecule has 0 fully saturated rings. The second-order valence-corrected chi connectivity index (χ2v) is 8.77. The number of carbonyl (C=O) groups excluding carboxylic acids is 2. The van der Waals surface area contributed by atoms with Gasteiger partial charge in [0.1, 0.15) is 11.9 Å². The largest absolute Gasteiger partial charge is 0.350 e. The number of carbonyl (C=O) groups is 2. The Morgan fingerprint density at radius 2 is 1.77 bits per heavy atom. The Morgan fingerprint density at radius 3 is 2.33 bits per heavy atom. The summed E-state index contributed by atoms with van der Waals surface area (Å²) in [6.07, 6.45) is 0.851. The van der Waals surface area contributed by atoms with Crippen molar-refractivity contribution in [2.45, 2.75) is 58.5 Å². The van der Waals surface area contributed by atoms with Gasteiger partial charge >= 0.3 is 0 Å². The molecule has 0 aliphatic carbocycles. The maximum Gasteiger partial charge on any atom is 0.243 e. The van der Waals surface area contributed by atoms with Gasteiger partial charge in [0.05, 0.1) is 6.42 Å². The Hall–Kier alpha value is -2.40. The van der Waals surface area contributed by atoms with Gasteiger partial charge in [-0.15, -0.1) is 0 Å². The van der Waals surface area contributed by atoms with E-state index in [9.17, 15) is 14.0 Å². The molecular formula is C24H30ClFN2O2. The number of nitrogens with one attached hydrogen (secondary N) is 1. The number of rotatable bonds is 8. The van der Waals surface area contributed by atoms with Gasteiger partial charge in [-0.3, -0.25) is 9.59 Å². The highest BCUT2D eigenvalue weighted by atomic mass is 35.5. The van der Waals surface area contributed by atoms with E-state index in [0.717, 1.165) is 5.56 Å². The van der Waals surface area contributed by atoms with E-state index >= 15 is 0 Å². The number of nitrogens with zero attached hydrogens (tertiary/aromatic N) is 1. The molecule has 0 heterocycles. The topological polar surface area (TPSA) is 49.4 Å². The smallest absolute Gasteiger partial charge is 0.243 e. The van der Waals surface area contributed by atoms with Crippen molar-refractivity contribution in [2.24, 2.45) is 0 Å². The Balaban J connectivity index is 2.28. The van der Waals surface area contributed by atoms with Crippen LogP contribution in [0.5, 0.6) is 0 Å². The molecule has 0 aromatic heterocycles. The molecule has 0 saturated carbocycles. The molecule has 0 bridgehead atoms. The van der Waals surface area contributed by atoms with Crippen molar-refractivity contribution in [1.29, 1.82) is 0 Å². The van der Waals surface area contributed by atoms with E-state index in [1.807, 2.05) is 58.0 Å². The Labute approximate surface area is 183 Å². The van der Waals surface area contributed by atoms with Gasteiger partial charge in [0, 0.05) is 22.7 Å². The summed E-state index contributed by atoms with van der Waals surface area (Å²) in [7, 11) is 0. The van der Waals surface area contributed by atoms with E-state index in [1.165, 1.54) is 12.1 Å². The van der Waals surface area contributed by atoms with Gasteiger partial charge in [-0.1, -0.05) is 54.9 Å². The minimum atomic E-state index is -0.647. The van der Waals surface area contributed by atoms with Crippen LogP contribution in [-0.2, 0) is 22.4 Å². The van der Waals surface area contributed by atoms with E-state index in [2.05, 4.69) is 5.32 Å². The molecule has 2 amide bonds. The minimum absolute atomic E-state index is 0.153. The molecule has 0 unspecified atom stereocenters. The van der Waals surface area contributed by atoms with Crippen molar-refractivity contribution < 1.29 is 14.0 Å². The highest BCUT2D eigenvalue weighted by Gasteiger charge is 2.31. The molecule has 30 heavy (non-hydrogen) atoms. The summed E-state index contributed by atoms with van der Waals surface area (Å²) in [5.74, 6) is -1.06. The summed E-state index contributed by atoms with van der Waals surface area (Å²) in [5.41, 5.74) is 0.790. The van der Waals surface area contributed by atoms with Gasteiger partial charge in [0.2, 0.25) is 11.8 Å². The second kappa shape index (κ2) is 10.6. The van der Waals surface area contributed by atoms with Crippen molar-refractivity contribution in [3.05, 3.63) is 70.5 Å². The number of benzene rings is 2. The quantitative estimate of drug-likeness (QED) is 0.652. The van der Waals surface area contributed by atoms with Gasteiger partial charge in [0.15, 0.2) is 0 Å². The minimum Gasteiger partial charge on any atom is -0.350 e. The maximum atomic E-state index is 14.3. The molecule has 6 heteroatoms. The molecule has 2 aromatic rings. The van der Waals surface area contributed by atoms with Crippen molar-refractivity contribution in [3.8, 4) is 0 Å². The lowest BCUT2D eigenvalue weighted by Crippen LogP contribution is -2.54. The lowest BCUT2D eigenvalue weighted by molar-refractivity contribution is -0.140. The summed E-state index contributed by atoms with van der Waals surface area (Å²) < 4.78 is 14.3. The Morgan fingerprint density at radius 1 is 1.10 bits per heavy atom. The van der Waals surface area contributed by atoms with E-state index in [4.69, 9.17) is 11.6 Å². The first-order valence-corrected chi connectivity index (χ1v) is 10.6. The van der Waals surface area contributed by atoms with Crippen LogP contribution in [0.2, 0.25) is 5.02 Å². The number of amides is 2. The summed E-state index contributed by atoms with van der Waals surface area (Å²) in [6.45, 7) is 7.91. The first-order valence-electron chi connectivity index (χ1n) is 10.2. The third kappa shape index (κ3) is 6.84. The molecule has 4 nitrogen and oxygen atoms in total. The molecule has 2 aromatic carbocycles. The molecule has 1 atom stereocenters. The van der Waals surface area contributed by atoms with Crippen LogP contribution in [-0.4, -0.2) is 34.8 Å². The summed E-state index contributed by atoms with van der Waals surface area (Å²) in [4.78, 5) is 27.7. The van der Waals surface area contributed by atoms with Crippen molar-refractivity contribution >= 4 is 23.4 Å². The number of hydrogen-bond acceptors (Lipinski definition) is 2. The van der Waals surface area contributed by atoms with Crippen LogP contribution in [0.3, 0.4) is 0 Å². The average Bonchev–Trinajstić information content (AvgIpc) is 2.67. The van der Waals surface area contributed by atoms with Crippen LogP contribution in [0.1, 0.15) is 45.2 Å². The Kier molecular flexibility index (Phi) is 8.42. The molecule has 0 aliphatic heterocycles. The molecule has 0 aliphatic rings. The number of hydrogen-bond donors (Lipinski definition) is 1. The standard InChI is InChI=1S/C24H30ClFN2O2/c1-5-21(23(30)27-24(2,3)4)28(15-14-17-10-7-6-8-11-17)22(29)16-18-19(25)12-9-13-20(18)26/h6-13,21H,5,14-16H2,1-4H3,(H,27,30)/t21-/m1/s1. The highest BCUT2D eigenvalue weighted by Crippen LogP contribution is 2.21. The lowest BCUT2D eigenvalue weighted by atomic mass is 10.0. The molecule has 2 rings (SSSR count).